The van der Waals surface area contributed by atoms with Crippen LogP contribution < -0.4 is 4.74 Å². The SMILES string of the molecule is COC(=O)COc1ccc(Cl)nn1. The van der Waals surface area contributed by atoms with Gasteiger partial charge in [-0.15, -0.1) is 10.2 Å². The molecule has 13 heavy (non-hydrogen) atoms. The molecular weight excluding hydrogens is 196 g/mol. The van der Waals surface area contributed by atoms with Gasteiger partial charge in [-0.05, 0) is 6.07 Å². The molecule has 1 heterocycles. The maximum absolute atomic E-state index is 10.6. The molecule has 0 atom stereocenters. The standard InChI is InChI=1S/C7H7ClN2O3/c1-12-7(11)4-13-6-3-2-5(8)9-10-6/h2-3H,4H2,1H3. The molecule has 1 rings (SSSR count). The molecule has 0 amide bonds. The molecule has 0 saturated carbocycles. The van der Waals surface area contributed by atoms with E-state index < -0.39 is 5.97 Å². The molecule has 0 fully saturated rings. The molecule has 0 aromatic carbocycles. The quantitative estimate of drug-likeness (QED) is 0.675. The lowest BCUT2D eigenvalue weighted by Crippen LogP contribution is -2.13. The van der Waals surface area contributed by atoms with Gasteiger partial charge in [0.1, 0.15) is 0 Å². The molecule has 0 aliphatic rings. The minimum Gasteiger partial charge on any atom is -0.466 e. The van der Waals surface area contributed by atoms with Crippen LogP contribution in [0.3, 0.4) is 0 Å². The highest BCUT2D eigenvalue weighted by Gasteiger charge is 2.02. The van der Waals surface area contributed by atoms with Crippen molar-refractivity contribution in [1.29, 1.82) is 0 Å². The predicted molar refractivity (Wildman–Crippen MR) is 44.6 cm³/mol. The summed E-state index contributed by atoms with van der Waals surface area (Å²) in [4.78, 5) is 10.6. The van der Waals surface area contributed by atoms with E-state index >= 15 is 0 Å². The summed E-state index contributed by atoms with van der Waals surface area (Å²) in [5, 5.41) is 7.36. The van der Waals surface area contributed by atoms with Gasteiger partial charge in [0.25, 0.3) is 0 Å². The highest BCUT2D eigenvalue weighted by molar-refractivity contribution is 6.29. The summed E-state index contributed by atoms with van der Waals surface area (Å²) < 4.78 is 9.26. The van der Waals surface area contributed by atoms with Gasteiger partial charge in [-0.3, -0.25) is 0 Å². The van der Waals surface area contributed by atoms with Crippen molar-refractivity contribution in [2.24, 2.45) is 0 Å². The lowest BCUT2D eigenvalue weighted by molar-refractivity contribution is -0.143. The van der Waals surface area contributed by atoms with E-state index in [-0.39, 0.29) is 17.6 Å². The number of carbonyl (C=O) groups excluding carboxylic acids is 1. The van der Waals surface area contributed by atoms with Crippen LogP contribution in [0.1, 0.15) is 0 Å². The number of carbonyl (C=O) groups is 1. The maximum Gasteiger partial charge on any atom is 0.343 e. The Morgan fingerprint density at radius 3 is 2.85 bits per heavy atom. The Balaban J connectivity index is 2.46. The van der Waals surface area contributed by atoms with Crippen LogP contribution in [-0.4, -0.2) is 29.9 Å². The van der Waals surface area contributed by atoms with Gasteiger partial charge < -0.3 is 9.47 Å². The number of hydrogen-bond acceptors (Lipinski definition) is 5. The highest BCUT2D eigenvalue weighted by atomic mass is 35.5. The Hall–Kier alpha value is -1.36. The minimum absolute atomic E-state index is 0.188. The van der Waals surface area contributed by atoms with Crippen LogP contribution in [0.4, 0.5) is 0 Å². The van der Waals surface area contributed by atoms with E-state index in [1.807, 2.05) is 0 Å². The van der Waals surface area contributed by atoms with Crippen molar-refractivity contribution in [2.45, 2.75) is 0 Å². The van der Waals surface area contributed by atoms with Crippen molar-refractivity contribution in [3.63, 3.8) is 0 Å². The van der Waals surface area contributed by atoms with E-state index in [2.05, 4.69) is 14.9 Å². The van der Waals surface area contributed by atoms with Crippen molar-refractivity contribution in [3.8, 4) is 5.88 Å². The molecule has 0 aliphatic heterocycles. The monoisotopic (exact) mass is 202 g/mol. The Morgan fingerprint density at radius 2 is 2.31 bits per heavy atom. The van der Waals surface area contributed by atoms with Gasteiger partial charge in [-0.2, -0.15) is 0 Å². The second-order valence-corrected chi connectivity index (χ2v) is 2.45. The van der Waals surface area contributed by atoms with E-state index in [1.54, 1.807) is 0 Å². The smallest absolute Gasteiger partial charge is 0.343 e. The molecule has 0 N–H and O–H groups in total. The first kappa shape index (κ1) is 9.73. The summed E-state index contributed by atoms with van der Waals surface area (Å²) in [5.41, 5.74) is 0. The third-order valence-corrected chi connectivity index (χ3v) is 1.37. The topological polar surface area (TPSA) is 61.3 Å². The zero-order valence-corrected chi connectivity index (χ0v) is 7.61. The summed E-state index contributed by atoms with van der Waals surface area (Å²) in [7, 11) is 1.28. The lowest BCUT2D eigenvalue weighted by Gasteiger charge is -2.01. The number of esters is 1. The number of rotatable bonds is 3. The zero-order chi connectivity index (χ0) is 9.68. The minimum atomic E-state index is -0.475. The molecule has 0 radical (unpaired) electrons. The number of nitrogens with zero attached hydrogens (tertiary/aromatic N) is 2. The molecule has 1 aromatic rings. The average molecular weight is 203 g/mol. The Kier molecular flexibility index (Phi) is 3.45. The van der Waals surface area contributed by atoms with E-state index in [1.165, 1.54) is 19.2 Å². The fourth-order valence-electron chi connectivity index (χ4n) is 0.573. The normalized spacial score (nSPS) is 9.38. The molecule has 1 aromatic heterocycles. The zero-order valence-electron chi connectivity index (χ0n) is 6.86. The molecule has 5 nitrogen and oxygen atoms in total. The number of aromatic nitrogens is 2. The summed E-state index contributed by atoms with van der Waals surface area (Å²) in [6, 6.07) is 3.03. The Bertz CT molecular complexity index is 288. The summed E-state index contributed by atoms with van der Waals surface area (Å²) in [5.74, 6) is -0.244. The van der Waals surface area contributed by atoms with Crippen molar-refractivity contribution in [2.75, 3.05) is 13.7 Å². The van der Waals surface area contributed by atoms with Crippen molar-refractivity contribution in [1.82, 2.24) is 10.2 Å². The van der Waals surface area contributed by atoms with Crippen molar-refractivity contribution >= 4 is 17.6 Å². The van der Waals surface area contributed by atoms with Crippen molar-refractivity contribution in [3.05, 3.63) is 17.3 Å². The second kappa shape index (κ2) is 4.61. The van der Waals surface area contributed by atoms with Crippen LogP contribution in [0, 0.1) is 0 Å². The first-order valence-electron chi connectivity index (χ1n) is 3.41. The second-order valence-electron chi connectivity index (χ2n) is 2.06. The molecular formula is C7H7ClN2O3. The van der Waals surface area contributed by atoms with Crippen LogP contribution >= 0.6 is 11.6 Å². The molecule has 6 heteroatoms. The molecule has 0 bridgehead atoms. The van der Waals surface area contributed by atoms with Gasteiger partial charge in [0.2, 0.25) is 5.88 Å². The van der Waals surface area contributed by atoms with Gasteiger partial charge in [0.05, 0.1) is 7.11 Å². The number of ether oxygens (including phenoxy) is 2. The van der Waals surface area contributed by atoms with Gasteiger partial charge in [0.15, 0.2) is 11.8 Å². The summed E-state index contributed by atoms with van der Waals surface area (Å²) in [6.07, 6.45) is 0. The summed E-state index contributed by atoms with van der Waals surface area (Å²) in [6.45, 7) is -0.188. The molecule has 70 valence electrons. The van der Waals surface area contributed by atoms with Crippen LogP contribution in [0.15, 0.2) is 12.1 Å². The van der Waals surface area contributed by atoms with E-state index in [0.29, 0.717) is 0 Å². The third-order valence-electron chi connectivity index (χ3n) is 1.17. The fourth-order valence-corrected chi connectivity index (χ4v) is 0.673. The first-order chi connectivity index (χ1) is 6.22. The van der Waals surface area contributed by atoms with Crippen LogP contribution in [0.2, 0.25) is 5.15 Å². The number of halogens is 1. The fraction of sp³-hybridized carbons (Fsp3) is 0.286. The van der Waals surface area contributed by atoms with Gasteiger partial charge in [-0.25, -0.2) is 4.79 Å². The first-order valence-corrected chi connectivity index (χ1v) is 3.79. The van der Waals surface area contributed by atoms with Gasteiger partial charge in [-0.1, -0.05) is 11.6 Å². The molecule has 0 spiro atoms. The Morgan fingerprint density at radius 1 is 1.54 bits per heavy atom. The highest BCUT2D eigenvalue weighted by Crippen LogP contribution is 2.07. The molecule has 0 aliphatic carbocycles. The number of methoxy groups -OCH3 is 1. The van der Waals surface area contributed by atoms with Gasteiger partial charge in [0, 0.05) is 6.07 Å². The van der Waals surface area contributed by atoms with Crippen molar-refractivity contribution < 1.29 is 14.3 Å². The predicted octanol–water partition coefficient (Wildman–Crippen LogP) is 0.682. The molecule has 0 unspecified atom stereocenters. The Labute approximate surface area is 79.6 Å². The average Bonchev–Trinajstić information content (AvgIpc) is 2.16. The lowest BCUT2D eigenvalue weighted by atomic mass is 10.6. The maximum atomic E-state index is 10.6. The van der Waals surface area contributed by atoms with E-state index in [4.69, 9.17) is 16.3 Å². The van der Waals surface area contributed by atoms with E-state index in [9.17, 15) is 4.79 Å². The van der Waals surface area contributed by atoms with Crippen LogP contribution in [-0.2, 0) is 9.53 Å². The third kappa shape index (κ3) is 3.25. The van der Waals surface area contributed by atoms with Gasteiger partial charge >= 0.3 is 5.97 Å². The van der Waals surface area contributed by atoms with Crippen LogP contribution in [0.25, 0.3) is 0 Å². The van der Waals surface area contributed by atoms with Crippen LogP contribution in [0.5, 0.6) is 5.88 Å². The summed E-state index contributed by atoms with van der Waals surface area (Å²) >= 11 is 5.48. The molecule has 0 saturated heterocycles. The number of hydrogen-bond donors (Lipinski definition) is 0. The largest absolute Gasteiger partial charge is 0.466 e. The van der Waals surface area contributed by atoms with E-state index in [0.717, 1.165) is 0 Å².